The summed E-state index contributed by atoms with van der Waals surface area (Å²) >= 11 is 0. The molecule has 0 aromatic heterocycles. The van der Waals surface area contributed by atoms with Crippen molar-refractivity contribution in [2.45, 2.75) is 43.1 Å². The van der Waals surface area contributed by atoms with Crippen LogP contribution in [0.2, 0.25) is 0 Å². The van der Waals surface area contributed by atoms with Gasteiger partial charge in [-0.15, -0.1) is 0 Å². The lowest BCUT2D eigenvalue weighted by Gasteiger charge is -2.54. The lowest BCUT2D eigenvalue weighted by molar-refractivity contribution is -0.144. The van der Waals surface area contributed by atoms with E-state index in [0.29, 0.717) is 18.6 Å². The molecule has 0 saturated carbocycles. The van der Waals surface area contributed by atoms with Gasteiger partial charge in [-0.25, -0.2) is 0 Å². The first kappa shape index (κ1) is 17.3. The molecule has 7 nitrogen and oxygen atoms in total. The Morgan fingerprint density at radius 3 is 2.81 bits per heavy atom. The Labute approximate surface area is 152 Å². The molecule has 0 amide bonds. The van der Waals surface area contributed by atoms with Crippen LogP contribution >= 0.6 is 0 Å². The van der Waals surface area contributed by atoms with Crippen LogP contribution in [0, 0.1) is 17.2 Å². The lowest BCUT2D eigenvalue weighted by atomic mass is 9.80. The first-order chi connectivity index (χ1) is 12.5. The van der Waals surface area contributed by atoms with Crippen LogP contribution in [0.5, 0.6) is 5.75 Å². The van der Waals surface area contributed by atoms with Crippen LogP contribution in [0.25, 0.3) is 0 Å². The molecule has 3 aliphatic rings. The number of carboxylic acids is 1. The largest absolute Gasteiger partial charge is 0.496 e. The molecule has 6 atom stereocenters. The van der Waals surface area contributed by atoms with Gasteiger partial charge in [-0.3, -0.25) is 14.6 Å². The maximum absolute atomic E-state index is 11.9. The van der Waals surface area contributed by atoms with E-state index in [1.165, 1.54) is 0 Å². The molecule has 0 aliphatic carbocycles. The number of nitriles is 1. The monoisotopic (exact) mass is 357 g/mol. The molecular weight excluding hydrogens is 334 g/mol. The fourth-order valence-corrected chi connectivity index (χ4v) is 5.48. The summed E-state index contributed by atoms with van der Waals surface area (Å²) in [7, 11) is 3.53. The van der Waals surface area contributed by atoms with E-state index in [2.05, 4.69) is 15.9 Å². The standard InChI is InChI=1S/C19H23N3O4/c1-21-12-7-11(19(24)25)18(21)13-6-10-4-3-5-16(26-2)17(10)15(9-23)22(13)14(12)8-20/h3-5,11-15,18,23H,6-7,9H2,1-2H3,(H,24,25)/t11-,12-,13+,14-,15+,18+/m1/s1. The number of aliphatic hydroxyl groups is 1. The van der Waals surface area contributed by atoms with E-state index < -0.39 is 17.9 Å². The molecule has 2 saturated heterocycles. The quantitative estimate of drug-likeness (QED) is 0.819. The van der Waals surface area contributed by atoms with Crippen molar-refractivity contribution in [3.63, 3.8) is 0 Å². The fraction of sp³-hybridized carbons (Fsp3) is 0.579. The van der Waals surface area contributed by atoms with E-state index in [1.807, 2.05) is 25.2 Å². The average molecular weight is 357 g/mol. The number of hydrogen-bond donors (Lipinski definition) is 2. The Bertz CT molecular complexity index is 777. The summed E-state index contributed by atoms with van der Waals surface area (Å²) < 4.78 is 5.52. The summed E-state index contributed by atoms with van der Waals surface area (Å²) in [5, 5.41) is 29.8. The molecule has 2 bridgehead atoms. The highest BCUT2D eigenvalue weighted by Crippen LogP contribution is 2.49. The summed E-state index contributed by atoms with van der Waals surface area (Å²) in [6, 6.07) is 6.93. The highest BCUT2D eigenvalue weighted by molar-refractivity contribution is 5.72. The van der Waals surface area contributed by atoms with Gasteiger partial charge < -0.3 is 14.9 Å². The Hall–Kier alpha value is -2.14. The zero-order valence-corrected chi connectivity index (χ0v) is 14.9. The number of fused-ring (bicyclic) bond motifs is 5. The molecule has 0 spiro atoms. The summed E-state index contributed by atoms with van der Waals surface area (Å²) in [4.78, 5) is 16.0. The summed E-state index contributed by atoms with van der Waals surface area (Å²) in [6.07, 6.45) is 1.11. The van der Waals surface area contributed by atoms with Crippen LogP contribution < -0.4 is 4.74 Å². The van der Waals surface area contributed by atoms with Gasteiger partial charge in [0.15, 0.2) is 0 Å². The second-order valence-electron chi connectivity index (χ2n) is 7.43. The minimum Gasteiger partial charge on any atom is -0.496 e. The molecule has 2 N–H and O–H groups in total. The molecule has 1 aromatic rings. The number of nitrogens with zero attached hydrogens (tertiary/aromatic N) is 3. The Balaban J connectivity index is 1.87. The van der Waals surface area contributed by atoms with E-state index in [1.54, 1.807) is 7.11 Å². The van der Waals surface area contributed by atoms with E-state index >= 15 is 0 Å². The second-order valence-corrected chi connectivity index (χ2v) is 7.43. The minimum atomic E-state index is -0.806. The number of ether oxygens (including phenoxy) is 1. The van der Waals surface area contributed by atoms with Crippen LogP contribution in [0.3, 0.4) is 0 Å². The van der Waals surface area contributed by atoms with Crippen molar-refractivity contribution in [1.82, 2.24) is 9.80 Å². The van der Waals surface area contributed by atoms with Crippen LogP contribution in [-0.2, 0) is 11.2 Å². The van der Waals surface area contributed by atoms with Gasteiger partial charge in [-0.1, -0.05) is 12.1 Å². The highest BCUT2D eigenvalue weighted by Gasteiger charge is 2.59. The number of hydrogen-bond acceptors (Lipinski definition) is 6. The molecule has 138 valence electrons. The van der Waals surface area contributed by atoms with Crippen LogP contribution in [0.1, 0.15) is 23.6 Å². The van der Waals surface area contributed by atoms with Crippen molar-refractivity contribution in [3.05, 3.63) is 29.3 Å². The number of piperazine rings is 1. The smallest absolute Gasteiger partial charge is 0.308 e. The molecule has 3 heterocycles. The predicted octanol–water partition coefficient (Wildman–Crippen LogP) is 0.635. The third-order valence-electron chi connectivity index (χ3n) is 6.48. The predicted molar refractivity (Wildman–Crippen MR) is 92.6 cm³/mol. The van der Waals surface area contributed by atoms with Gasteiger partial charge in [0, 0.05) is 23.7 Å². The van der Waals surface area contributed by atoms with Crippen molar-refractivity contribution in [3.8, 4) is 11.8 Å². The SMILES string of the molecule is COc1cccc2c1[C@H](CO)N1[C@H](C#N)[C@H]3C[C@@H](C(=O)O)[C@@H]([C@@H]1C2)N3C. The number of carbonyl (C=O) groups is 1. The zero-order chi connectivity index (χ0) is 18.6. The van der Waals surface area contributed by atoms with Crippen molar-refractivity contribution in [2.24, 2.45) is 5.92 Å². The number of likely N-dealkylation sites (N-methyl/N-ethyl adjacent to an activating group) is 1. The second kappa shape index (κ2) is 6.23. The van der Waals surface area contributed by atoms with Gasteiger partial charge in [0.1, 0.15) is 11.8 Å². The number of rotatable bonds is 3. The Kier molecular flexibility index (Phi) is 4.14. The van der Waals surface area contributed by atoms with Gasteiger partial charge >= 0.3 is 5.97 Å². The molecular formula is C19H23N3O4. The van der Waals surface area contributed by atoms with Crippen molar-refractivity contribution >= 4 is 5.97 Å². The fourth-order valence-electron chi connectivity index (χ4n) is 5.48. The van der Waals surface area contributed by atoms with Crippen molar-refractivity contribution in [2.75, 3.05) is 20.8 Å². The van der Waals surface area contributed by atoms with Gasteiger partial charge in [0.05, 0.1) is 31.7 Å². The van der Waals surface area contributed by atoms with E-state index in [0.717, 1.165) is 11.1 Å². The first-order valence-electron chi connectivity index (χ1n) is 8.91. The van der Waals surface area contributed by atoms with E-state index in [-0.39, 0.29) is 30.8 Å². The highest BCUT2D eigenvalue weighted by atomic mass is 16.5. The van der Waals surface area contributed by atoms with Gasteiger partial charge in [-0.2, -0.15) is 5.26 Å². The van der Waals surface area contributed by atoms with Crippen LogP contribution in [0.4, 0.5) is 0 Å². The third-order valence-corrected chi connectivity index (χ3v) is 6.48. The molecule has 0 unspecified atom stereocenters. The zero-order valence-electron chi connectivity index (χ0n) is 14.9. The lowest BCUT2D eigenvalue weighted by Crippen LogP contribution is -2.67. The van der Waals surface area contributed by atoms with E-state index in [4.69, 9.17) is 4.74 Å². The number of carboxylic acid groups (broad SMARTS) is 1. The maximum Gasteiger partial charge on any atom is 0.308 e. The summed E-state index contributed by atoms with van der Waals surface area (Å²) in [6.45, 7) is -0.136. The van der Waals surface area contributed by atoms with Crippen molar-refractivity contribution < 1.29 is 19.7 Å². The minimum absolute atomic E-state index is 0.124. The third kappa shape index (κ3) is 2.19. The normalized spacial score (nSPS) is 36.1. The number of aliphatic hydroxyl groups excluding tert-OH is 1. The van der Waals surface area contributed by atoms with Gasteiger partial charge in [0.2, 0.25) is 0 Å². The number of methoxy groups -OCH3 is 1. The van der Waals surface area contributed by atoms with Gasteiger partial charge in [-0.05, 0) is 31.5 Å². The topological polar surface area (TPSA) is 97.0 Å². The average Bonchev–Trinajstić information content (AvgIpc) is 2.90. The van der Waals surface area contributed by atoms with Crippen LogP contribution in [0.15, 0.2) is 18.2 Å². The van der Waals surface area contributed by atoms with Crippen LogP contribution in [-0.4, -0.2) is 70.9 Å². The number of benzene rings is 1. The Morgan fingerprint density at radius 1 is 1.42 bits per heavy atom. The van der Waals surface area contributed by atoms with Crippen molar-refractivity contribution in [1.29, 1.82) is 5.26 Å². The summed E-state index contributed by atoms with van der Waals surface area (Å²) in [5.74, 6) is -0.597. The van der Waals surface area contributed by atoms with E-state index in [9.17, 15) is 20.3 Å². The first-order valence-corrected chi connectivity index (χ1v) is 8.91. The molecule has 3 aliphatic heterocycles. The molecule has 26 heavy (non-hydrogen) atoms. The number of aliphatic carboxylic acids is 1. The molecule has 0 radical (unpaired) electrons. The maximum atomic E-state index is 11.9. The summed E-state index contributed by atoms with van der Waals surface area (Å²) in [5.41, 5.74) is 1.98. The molecule has 7 heteroatoms. The molecule has 2 fully saturated rings. The molecule has 1 aromatic carbocycles. The molecule has 4 rings (SSSR count). The Morgan fingerprint density at radius 2 is 2.19 bits per heavy atom. The van der Waals surface area contributed by atoms with Gasteiger partial charge in [0.25, 0.3) is 0 Å².